The lowest BCUT2D eigenvalue weighted by Gasteiger charge is -2.71. The summed E-state index contributed by atoms with van der Waals surface area (Å²) in [7, 11) is 0. The van der Waals surface area contributed by atoms with Crippen LogP contribution in [0.5, 0.6) is 0 Å². The number of hydrogen-bond donors (Lipinski definition) is 3. The minimum absolute atomic E-state index is 0.0296. The molecule has 3 N–H and O–H groups in total. The van der Waals surface area contributed by atoms with Gasteiger partial charge in [-0.2, -0.15) is 0 Å². The number of allylic oxidation sites excluding steroid dienone is 2. The van der Waals surface area contributed by atoms with Crippen molar-refractivity contribution in [3.05, 3.63) is 11.6 Å². The van der Waals surface area contributed by atoms with Gasteiger partial charge in [-0.1, -0.05) is 53.2 Å². The SMILES string of the molecule is C[C@H]1[C@H](C)CC[C@]2(C(=O)O)CC[C@]3(C)C(=CC[C@@H]4[C@@]5(CO)CC[C@H](O)C(C)(C)[C@H]5CC[C@]43C)[C@@H]12. The number of aliphatic hydroxyl groups excluding tert-OH is 2. The monoisotopic (exact) mass is 472 g/mol. The van der Waals surface area contributed by atoms with Crippen molar-refractivity contribution in [3.63, 3.8) is 0 Å². The Balaban J connectivity index is 1.63. The predicted molar refractivity (Wildman–Crippen MR) is 134 cm³/mol. The van der Waals surface area contributed by atoms with Crippen molar-refractivity contribution < 1.29 is 20.1 Å². The van der Waals surface area contributed by atoms with Gasteiger partial charge < -0.3 is 15.3 Å². The van der Waals surface area contributed by atoms with Crippen LogP contribution < -0.4 is 0 Å². The number of hydrogen-bond acceptors (Lipinski definition) is 3. The summed E-state index contributed by atoms with van der Waals surface area (Å²) in [6.07, 6.45) is 10.5. The molecular weight excluding hydrogens is 424 g/mol. The number of aliphatic hydroxyl groups is 2. The van der Waals surface area contributed by atoms with E-state index in [1.54, 1.807) is 0 Å². The second-order valence-electron chi connectivity index (χ2n) is 14.4. The highest BCUT2D eigenvalue weighted by Crippen LogP contribution is 2.75. The maximum Gasteiger partial charge on any atom is 0.310 e. The molecule has 0 radical (unpaired) electrons. The van der Waals surface area contributed by atoms with E-state index < -0.39 is 11.4 Å². The molecule has 192 valence electrons. The first-order valence-electron chi connectivity index (χ1n) is 14.0. The van der Waals surface area contributed by atoms with Crippen molar-refractivity contribution in [3.8, 4) is 0 Å². The van der Waals surface area contributed by atoms with Crippen LogP contribution in [-0.2, 0) is 4.79 Å². The smallest absolute Gasteiger partial charge is 0.310 e. The maximum atomic E-state index is 12.8. The normalized spacial score (nSPS) is 54.1. The third kappa shape index (κ3) is 2.76. The first-order valence-corrected chi connectivity index (χ1v) is 14.0. The largest absolute Gasteiger partial charge is 0.481 e. The minimum atomic E-state index is -0.608. The van der Waals surface area contributed by atoms with Crippen LogP contribution in [0.15, 0.2) is 11.6 Å². The molecule has 4 heteroatoms. The van der Waals surface area contributed by atoms with E-state index in [0.717, 1.165) is 57.8 Å². The van der Waals surface area contributed by atoms with E-state index in [4.69, 9.17) is 0 Å². The molecule has 4 saturated carbocycles. The molecule has 5 aliphatic rings. The summed E-state index contributed by atoms with van der Waals surface area (Å²) >= 11 is 0. The Hall–Kier alpha value is -0.870. The first-order chi connectivity index (χ1) is 15.8. The topological polar surface area (TPSA) is 77.8 Å². The van der Waals surface area contributed by atoms with E-state index in [-0.39, 0.29) is 40.3 Å². The van der Waals surface area contributed by atoms with Gasteiger partial charge in [-0.05, 0) is 104 Å². The average molecular weight is 473 g/mol. The van der Waals surface area contributed by atoms with Crippen LogP contribution in [0.25, 0.3) is 0 Å². The van der Waals surface area contributed by atoms with E-state index >= 15 is 0 Å². The van der Waals surface area contributed by atoms with Crippen LogP contribution in [0, 0.1) is 56.7 Å². The molecule has 34 heavy (non-hydrogen) atoms. The summed E-state index contributed by atoms with van der Waals surface area (Å²) in [6, 6.07) is 0. The van der Waals surface area contributed by atoms with E-state index in [0.29, 0.717) is 23.7 Å². The van der Waals surface area contributed by atoms with Gasteiger partial charge in [-0.3, -0.25) is 4.79 Å². The fraction of sp³-hybridized carbons (Fsp3) is 0.900. The number of fused-ring (bicyclic) bond motifs is 7. The van der Waals surface area contributed by atoms with E-state index in [2.05, 4.69) is 47.6 Å². The lowest BCUT2D eigenvalue weighted by atomic mass is 9.33. The summed E-state index contributed by atoms with van der Waals surface area (Å²) < 4.78 is 0. The Morgan fingerprint density at radius 3 is 2.32 bits per heavy atom. The Morgan fingerprint density at radius 1 is 0.971 bits per heavy atom. The third-order valence-electron chi connectivity index (χ3n) is 13.4. The van der Waals surface area contributed by atoms with Crippen LogP contribution in [-0.4, -0.2) is 34.0 Å². The average Bonchev–Trinajstić information content (AvgIpc) is 2.78. The standard InChI is InChI=1S/C30H48O4/c1-18-9-13-29(25(33)34)16-15-27(5)20(24(29)19(18)2)7-8-22-28(27,6)12-10-21-26(3,4)23(32)11-14-30(21,22)17-31/h7,18-19,21-24,31-32H,8-17H2,1-6H3,(H,33,34)/t18-,19+,21-,22+,23+,24-,27-,28-,29+,30-/m1/s1. The number of rotatable bonds is 2. The Morgan fingerprint density at radius 2 is 1.68 bits per heavy atom. The summed E-state index contributed by atoms with van der Waals surface area (Å²) in [6.45, 7) is 14.2. The van der Waals surface area contributed by atoms with Crippen LogP contribution in [0.3, 0.4) is 0 Å². The zero-order chi connectivity index (χ0) is 24.9. The molecule has 0 aromatic rings. The van der Waals surface area contributed by atoms with Gasteiger partial charge in [-0.15, -0.1) is 0 Å². The lowest BCUT2D eigenvalue weighted by Crippen LogP contribution is -2.67. The molecule has 0 amide bonds. The zero-order valence-electron chi connectivity index (χ0n) is 22.4. The van der Waals surface area contributed by atoms with Crippen LogP contribution in [0.4, 0.5) is 0 Å². The molecule has 0 aliphatic heterocycles. The summed E-state index contributed by atoms with van der Waals surface area (Å²) in [5, 5.41) is 32.5. The van der Waals surface area contributed by atoms with Gasteiger partial charge in [0.2, 0.25) is 0 Å². The molecule has 5 aliphatic carbocycles. The van der Waals surface area contributed by atoms with Crippen molar-refractivity contribution in [1.29, 1.82) is 0 Å². The van der Waals surface area contributed by atoms with Gasteiger partial charge in [-0.25, -0.2) is 0 Å². The second-order valence-corrected chi connectivity index (χ2v) is 14.4. The Labute approximate surface area is 206 Å². The Bertz CT molecular complexity index is 892. The summed E-state index contributed by atoms with van der Waals surface area (Å²) in [5.41, 5.74) is 0.501. The van der Waals surface area contributed by atoms with Crippen molar-refractivity contribution in [2.75, 3.05) is 6.61 Å². The van der Waals surface area contributed by atoms with Crippen LogP contribution in [0.2, 0.25) is 0 Å². The van der Waals surface area contributed by atoms with E-state index in [1.165, 1.54) is 5.57 Å². The molecule has 0 unspecified atom stereocenters. The van der Waals surface area contributed by atoms with Gasteiger partial charge in [0.1, 0.15) is 0 Å². The number of aliphatic carboxylic acids is 1. The fourth-order valence-corrected chi connectivity index (χ4v) is 10.8. The van der Waals surface area contributed by atoms with Gasteiger partial charge >= 0.3 is 5.97 Å². The Kier molecular flexibility index (Phi) is 5.52. The minimum Gasteiger partial charge on any atom is -0.481 e. The quantitative estimate of drug-likeness (QED) is 0.427. The lowest BCUT2D eigenvalue weighted by molar-refractivity contribution is -0.223. The van der Waals surface area contributed by atoms with Crippen molar-refractivity contribution in [1.82, 2.24) is 0 Å². The van der Waals surface area contributed by atoms with Gasteiger partial charge in [0.05, 0.1) is 11.5 Å². The molecule has 4 nitrogen and oxygen atoms in total. The molecule has 4 fully saturated rings. The predicted octanol–water partition coefficient (Wildman–Crippen LogP) is 6.06. The molecule has 10 atom stereocenters. The zero-order valence-corrected chi connectivity index (χ0v) is 22.4. The van der Waals surface area contributed by atoms with E-state index in [9.17, 15) is 20.1 Å². The maximum absolute atomic E-state index is 12.8. The van der Waals surface area contributed by atoms with Crippen molar-refractivity contribution in [2.45, 2.75) is 105 Å². The van der Waals surface area contributed by atoms with Crippen molar-refractivity contribution >= 4 is 5.97 Å². The molecular formula is C30H48O4. The van der Waals surface area contributed by atoms with Gasteiger partial charge in [0.25, 0.3) is 0 Å². The molecule has 0 aromatic carbocycles. The second kappa shape index (κ2) is 7.57. The number of carbonyl (C=O) groups is 1. The van der Waals surface area contributed by atoms with Gasteiger partial charge in [0.15, 0.2) is 0 Å². The van der Waals surface area contributed by atoms with E-state index in [1.807, 2.05) is 0 Å². The fourth-order valence-electron chi connectivity index (χ4n) is 10.8. The number of carboxylic acids is 1. The highest BCUT2D eigenvalue weighted by molar-refractivity contribution is 5.76. The first kappa shape index (κ1) is 24.8. The molecule has 0 heterocycles. The molecule has 0 saturated heterocycles. The summed E-state index contributed by atoms with van der Waals surface area (Å²) in [4.78, 5) is 12.8. The highest BCUT2D eigenvalue weighted by Gasteiger charge is 2.70. The molecule has 0 aromatic heterocycles. The molecule has 0 spiro atoms. The molecule has 5 rings (SSSR count). The number of carboxylic acid groups (broad SMARTS) is 1. The van der Waals surface area contributed by atoms with Crippen molar-refractivity contribution in [2.24, 2.45) is 56.7 Å². The van der Waals surface area contributed by atoms with Gasteiger partial charge in [0, 0.05) is 12.0 Å². The highest BCUT2D eigenvalue weighted by atomic mass is 16.4. The van der Waals surface area contributed by atoms with Crippen LogP contribution >= 0.6 is 0 Å². The molecule has 0 bridgehead atoms. The summed E-state index contributed by atoms with van der Waals surface area (Å²) in [5.74, 6) is 1.16. The third-order valence-corrected chi connectivity index (χ3v) is 13.4. The van der Waals surface area contributed by atoms with Crippen LogP contribution in [0.1, 0.15) is 99.3 Å².